The maximum absolute atomic E-state index is 12.5. The Balaban J connectivity index is 1.33. The number of anilines is 2. The summed E-state index contributed by atoms with van der Waals surface area (Å²) in [4.78, 5) is 51.8. The molecule has 1 fully saturated rings. The molecule has 2 aromatic carbocycles. The molecule has 4 amide bonds. The number of rotatable bonds is 5. The van der Waals surface area contributed by atoms with E-state index in [1.165, 1.54) is 0 Å². The van der Waals surface area contributed by atoms with Crippen LogP contribution in [-0.4, -0.2) is 54.7 Å². The number of carbonyl (C=O) groups excluding carboxylic acids is 4. The van der Waals surface area contributed by atoms with Gasteiger partial charge in [-0.2, -0.15) is 0 Å². The molecule has 154 valence electrons. The van der Waals surface area contributed by atoms with Crippen LogP contribution in [0.4, 0.5) is 11.4 Å². The number of carbonyl (C=O) groups is 4. The van der Waals surface area contributed by atoms with E-state index in [2.05, 4.69) is 10.6 Å². The summed E-state index contributed by atoms with van der Waals surface area (Å²) in [6.45, 7) is 3.54. The highest BCUT2D eigenvalue weighted by Gasteiger charge is 2.35. The van der Waals surface area contributed by atoms with Crippen LogP contribution in [0.1, 0.15) is 32.7 Å². The Morgan fingerprint density at radius 1 is 1.03 bits per heavy atom. The molecule has 2 N–H and O–H groups in total. The van der Waals surface area contributed by atoms with Crippen molar-refractivity contribution < 1.29 is 19.2 Å². The lowest BCUT2D eigenvalue weighted by molar-refractivity contribution is -0.120. The summed E-state index contributed by atoms with van der Waals surface area (Å²) >= 11 is 0. The normalized spacial score (nSPS) is 15.8. The van der Waals surface area contributed by atoms with Gasteiger partial charge in [0.25, 0.3) is 11.8 Å². The highest BCUT2D eigenvalue weighted by molar-refractivity contribution is 6.21. The summed E-state index contributed by atoms with van der Waals surface area (Å²) in [7, 11) is 0. The van der Waals surface area contributed by atoms with Gasteiger partial charge in [0, 0.05) is 37.4 Å². The fourth-order valence-electron chi connectivity index (χ4n) is 3.66. The van der Waals surface area contributed by atoms with Crippen LogP contribution < -0.4 is 15.5 Å². The third kappa shape index (κ3) is 3.89. The van der Waals surface area contributed by atoms with Gasteiger partial charge in [-0.25, -0.2) is 0 Å². The summed E-state index contributed by atoms with van der Waals surface area (Å²) < 4.78 is 0. The van der Waals surface area contributed by atoms with E-state index in [-0.39, 0.29) is 36.6 Å². The van der Waals surface area contributed by atoms with Crippen LogP contribution in [0.5, 0.6) is 0 Å². The number of imide groups is 1. The molecule has 0 aliphatic carbocycles. The van der Waals surface area contributed by atoms with Gasteiger partial charge in [-0.3, -0.25) is 24.1 Å². The average molecular weight is 406 g/mol. The molecule has 2 aromatic rings. The van der Waals surface area contributed by atoms with Gasteiger partial charge in [-0.1, -0.05) is 11.6 Å². The minimum atomic E-state index is -0.363. The van der Waals surface area contributed by atoms with E-state index in [0.717, 1.165) is 22.7 Å². The van der Waals surface area contributed by atoms with Crippen molar-refractivity contribution in [1.82, 2.24) is 10.2 Å². The number of nitrogens with zero attached hydrogens (tertiary/aromatic N) is 2. The molecule has 30 heavy (non-hydrogen) atoms. The van der Waals surface area contributed by atoms with Gasteiger partial charge in [-0.15, -0.1) is 0 Å². The van der Waals surface area contributed by atoms with Gasteiger partial charge in [0.2, 0.25) is 11.8 Å². The first-order valence-electron chi connectivity index (χ1n) is 9.81. The number of aryl methyl sites for hydroxylation is 1. The fourth-order valence-corrected chi connectivity index (χ4v) is 3.66. The SMILES string of the molecule is Cc1ccc2c(c1)C(=O)N(CCC(=O)Nc1ccc(N3CCNC(=O)C3)cc1)C2=O. The second-order valence-corrected chi connectivity index (χ2v) is 7.43. The minimum absolute atomic E-state index is 0.0121. The number of piperazine rings is 1. The molecule has 8 heteroatoms. The van der Waals surface area contributed by atoms with Crippen LogP contribution >= 0.6 is 0 Å². The third-order valence-electron chi connectivity index (χ3n) is 5.24. The summed E-state index contributed by atoms with van der Waals surface area (Å²) in [5, 5.41) is 5.56. The molecule has 1 saturated heterocycles. The van der Waals surface area contributed by atoms with Crippen LogP contribution in [0.15, 0.2) is 42.5 Å². The van der Waals surface area contributed by atoms with Crippen LogP contribution in [-0.2, 0) is 9.59 Å². The minimum Gasteiger partial charge on any atom is -0.360 e. The summed E-state index contributed by atoms with van der Waals surface area (Å²) in [6, 6.07) is 12.4. The third-order valence-corrected chi connectivity index (χ3v) is 5.24. The molecule has 0 atom stereocenters. The van der Waals surface area contributed by atoms with Crippen molar-refractivity contribution in [1.29, 1.82) is 0 Å². The summed E-state index contributed by atoms with van der Waals surface area (Å²) in [5.41, 5.74) is 3.20. The fraction of sp³-hybridized carbons (Fsp3) is 0.273. The molecule has 0 saturated carbocycles. The number of amides is 4. The van der Waals surface area contributed by atoms with Crippen molar-refractivity contribution in [2.24, 2.45) is 0 Å². The molecule has 8 nitrogen and oxygen atoms in total. The first-order chi connectivity index (χ1) is 14.4. The predicted octanol–water partition coefficient (Wildman–Crippen LogP) is 1.56. The predicted molar refractivity (Wildman–Crippen MR) is 111 cm³/mol. The van der Waals surface area contributed by atoms with E-state index in [0.29, 0.717) is 29.9 Å². The first-order valence-corrected chi connectivity index (χ1v) is 9.81. The van der Waals surface area contributed by atoms with E-state index < -0.39 is 0 Å². The second-order valence-electron chi connectivity index (χ2n) is 7.43. The standard InChI is InChI=1S/C22H22N4O4/c1-14-2-7-17-18(12-14)22(30)26(21(17)29)10-8-19(27)24-15-3-5-16(6-4-15)25-11-9-23-20(28)13-25/h2-7,12H,8-11,13H2,1H3,(H,23,28)(H,24,27). The Morgan fingerprint density at radius 3 is 2.50 bits per heavy atom. The van der Waals surface area contributed by atoms with E-state index in [1.807, 2.05) is 24.0 Å². The monoisotopic (exact) mass is 406 g/mol. The van der Waals surface area contributed by atoms with Gasteiger partial charge < -0.3 is 15.5 Å². The molecule has 0 bridgehead atoms. The van der Waals surface area contributed by atoms with Crippen molar-refractivity contribution in [3.63, 3.8) is 0 Å². The average Bonchev–Trinajstić information content (AvgIpc) is 2.96. The van der Waals surface area contributed by atoms with Crippen molar-refractivity contribution in [2.75, 3.05) is 36.4 Å². The van der Waals surface area contributed by atoms with Crippen LogP contribution in [0.3, 0.4) is 0 Å². The maximum Gasteiger partial charge on any atom is 0.261 e. The Morgan fingerprint density at radius 2 is 1.77 bits per heavy atom. The lowest BCUT2D eigenvalue weighted by Gasteiger charge is -2.28. The van der Waals surface area contributed by atoms with Gasteiger partial charge in [-0.05, 0) is 43.3 Å². The smallest absolute Gasteiger partial charge is 0.261 e. The molecule has 2 aliphatic rings. The van der Waals surface area contributed by atoms with E-state index >= 15 is 0 Å². The topological polar surface area (TPSA) is 98.8 Å². The molecular formula is C22H22N4O4. The summed E-state index contributed by atoms with van der Waals surface area (Å²) in [5.74, 6) is -1.02. The molecular weight excluding hydrogens is 384 g/mol. The zero-order valence-electron chi connectivity index (χ0n) is 16.6. The van der Waals surface area contributed by atoms with Gasteiger partial charge in [0.15, 0.2) is 0 Å². The van der Waals surface area contributed by atoms with E-state index in [4.69, 9.17) is 0 Å². The van der Waals surface area contributed by atoms with Crippen molar-refractivity contribution in [3.8, 4) is 0 Å². The van der Waals surface area contributed by atoms with Gasteiger partial charge in [0.05, 0.1) is 17.7 Å². The van der Waals surface area contributed by atoms with E-state index in [9.17, 15) is 19.2 Å². The van der Waals surface area contributed by atoms with Crippen LogP contribution in [0.2, 0.25) is 0 Å². The number of fused-ring (bicyclic) bond motifs is 1. The molecule has 2 heterocycles. The van der Waals surface area contributed by atoms with Gasteiger partial charge >= 0.3 is 0 Å². The molecule has 0 spiro atoms. The number of nitrogens with one attached hydrogen (secondary N) is 2. The molecule has 0 unspecified atom stereocenters. The van der Waals surface area contributed by atoms with Gasteiger partial charge in [0.1, 0.15) is 0 Å². The molecule has 0 radical (unpaired) electrons. The van der Waals surface area contributed by atoms with E-state index in [1.54, 1.807) is 30.3 Å². The van der Waals surface area contributed by atoms with Crippen LogP contribution in [0.25, 0.3) is 0 Å². The maximum atomic E-state index is 12.5. The Labute approximate surface area is 173 Å². The largest absolute Gasteiger partial charge is 0.360 e. The Bertz CT molecular complexity index is 1030. The van der Waals surface area contributed by atoms with Crippen molar-refractivity contribution >= 4 is 35.0 Å². The van der Waals surface area contributed by atoms with Crippen LogP contribution in [0, 0.1) is 6.92 Å². The molecule has 0 aromatic heterocycles. The van der Waals surface area contributed by atoms with Crippen molar-refractivity contribution in [2.45, 2.75) is 13.3 Å². The number of hydrogen-bond donors (Lipinski definition) is 2. The lowest BCUT2D eigenvalue weighted by atomic mass is 10.1. The molecule has 4 rings (SSSR count). The zero-order chi connectivity index (χ0) is 21.3. The summed E-state index contributed by atoms with van der Waals surface area (Å²) in [6.07, 6.45) is 0.0124. The lowest BCUT2D eigenvalue weighted by Crippen LogP contribution is -2.47. The zero-order valence-corrected chi connectivity index (χ0v) is 16.6. The quantitative estimate of drug-likeness (QED) is 0.735. The number of hydrogen-bond acceptors (Lipinski definition) is 5. The highest BCUT2D eigenvalue weighted by Crippen LogP contribution is 2.24. The van der Waals surface area contributed by atoms with Crippen molar-refractivity contribution in [3.05, 3.63) is 59.2 Å². The first kappa shape index (κ1) is 19.6. The Hall–Kier alpha value is -3.68. The molecule has 2 aliphatic heterocycles. The second kappa shape index (κ2) is 7.98. The highest BCUT2D eigenvalue weighted by atomic mass is 16.2. The number of benzene rings is 2. The Kier molecular flexibility index (Phi) is 5.22.